The highest BCUT2D eigenvalue weighted by Crippen LogP contribution is 2.29. The lowest BCUT2D eigenvalue weighted by atomic mass is 9.81. The molecule has 102 valence electrons. The minimum atomic E-state index is -0.632. The fraction of sp³-hybridized carbons (Fsp3) is 0.267. The number of nitro groups is 1. The van der Waals surface area contributed by atoms with E-state index < -0.39 is 4.92 Å². The molecule has 1 aromatic heterocycles. The average Bonchev–Trinajstić information content (AvgIpc) is 2.96. The van der Waals surface area contributed by atoms with E-state index in [9.17, 15) is 14.9 Å². The summed E-state index contributed by atoms with van der Waals surface area (Å²) in [5, 5.41) is 10.6. The van der Waals surface area contributed by atoms with E-state index in [2.05, 4.69) is 6.07 Å². The first-order valence-electron chi connectivity index (χ1n) is 6.50. The van der Waals surface area contributed by atoms with Crippen molar-refractivity contribution >= 4 is 11.7 Å². The Balaban J connectivity index is 1.80. The summed E-state index contributed by atoms with van der Waals surface area (Å²) in [5.41, 5.74) is 2.46. The van der Waals surface area contributed by atoms with Gasteiger partial charge in [-0.2, -0.15) is 0 Å². The summed E-state index contributed by atoms with van der Waals surface area (Å²) in [6.07, 6.45) is 2.28. The van der Waals surface area contributed by atoms with Gasteiger partial charge in [-0.1, -0.05) is 24.3 Å². The number of furan rings is 1. The van der Waals surface area contributed by atoms with Crippen LogP contribution in [0.15, 0.2) is 40.8 Å². The lowest BCUT2D eigenvalue weighted by Crippen LogP contribution is -2.22. The molecule has 1 aliphatic carbocycles. The third-order valence-corrected chi connectivity index (χ3v) is 3.73. The predicted molar refractivity (Wildman–Crippen MR) is 71.6 cm³/mol. The van der Waals surface area contributed by atoms with E-state index in [-0.39, 0.29) is 23.3 Å². The maximum absolute atomic E-state index is 12.3. The van der Waals surface area contributed by atoms with Gasteiger partial charge in [-0.15, -0.1) is 0 Å². The minimum Gasteiger partial charge on any atom is -0.397 e. The van der Waals surface area contributed by atoms with Gasteiger partial charge in [0.15, 0.2) is 5.76 Å². The number of rotatable bonds is 3. The van der Waals surface area contributed by atoms with Gasteiger partial charge in [0.1, 0.15) is 4.92 Å². The highest BCUT2D eigenvalue weighted by molar-refractivity contribution is 5.95. The van der Waals surface area contributed by atoms with Crippen molar-refractivity contribution in [2.75, 3.05) is 0 Å². The molecule has 0 fully saturated rings. The fourth-order valence-electron chi connectivity index (χ4n) is 2.68. The zero-order chi connectivity index (χ0) is 14.1. The second kappa shape index (κ2) is 4.92. The van der Waals surface area contributed by atoms with Gasteiger partial charge in [-0.25, -0.2) is 0 Å². The van der Waals surface area contributed by atoms with E-state index in [0.29, 0.717) is 6.42 Å². The minimum absolute atomic E-state index is 0.0843. The summed E-state index contributed by atoms with van der Waals surface area (Å²) >= 11 is 0. The van der Waals surface area contributed by atoms with Gasteiger partial charge in [-0.3, -0.25) is 14.9 Å². The zero-order valence-electron chi connectivity index (χ0n) is 10.7. The molecular weight excluding hydrogens is 258 g/mol. The molecular formula is C15H13NO4. The van der Waals surface area contributed by atoms with Crippen molar-refractivity contribution in [2.24, 2.45) is 5.92 Å². The number of benzene rings is 1. The summed E-state index contributed by atoms with van der Waals surface area (Å²) in [6.45, 7) is 0. The normalized spacial score (nSPS) is 17.5. The fourth-order valence-corrected chi connectivity index (χ4v) is 2.68. The molecule has 0 aliphatic heterocycles. The number of carbonyl (C=O) groups is 1. The van der Waals surface area contributed by atoms with E-state index >= 15 is 0 Å². The molecule has 0 saturated heterocycles. The van der Waals surface area contributed by atoms with Gasteiger partial charge in [0, 0.05) is 5.92 Å². The standard InChI is InChI=1S/C15H13NO4/c17-15(13-7-8-14(20-13)16(18)19)12-6-5-10-3-1-2-4-11(10)9-12/h1-4,7-8,12H,5-6,9H2. The third-order valence-electron chi connectivity index (χ3n) is 3.73. The van der Waals surface area contributed by atoms with Gasteiger partial charge < -0.3 is 4.42 Å². The first-order chi connectivity index (χ1) is 9.65. The smallest absolute Gasteiger partial charge is 0.397 e. The molecule has 1 atom stereocenters. The summed E-state index contributed by atoms with van der Waals surface area (Å²) in [6, 6.07) is 10.7. The molecule has 5 heteroatoms. The topological polar surface area (TPSA) is 73.3 Å². The van der Waals surface area contributed by atoms with Crippen LogP contribution in [-0.4, -0.2) is 10.7 Å². The van der Waals surface area contributed by atoms with Crippen molar-refractivity contribution < 1.29 is 14.1 Å². The number of hydrogen-bond acceptors (Lipinski definition) is 4. The van der Waals surface area contributed by atoms with E-state index in [1.165, 1.54) is 23.3 Å². The SMILES string of the molecule is O=C(c1ccc([N+](=O)[O-])o1)C1CCc2ccccc2C1. The number of ketones is 1. The molecule has 5 nitrogen and oxygen atoms in total. The Morgan fingerprint density at radius 1 is 1.20 bits per heavy atom. The Kier molecular flexibility index (Phi) is 3.10. The van der Waals surface area contributed by atoms with Crippen molar-refractivity contribution in [1.82, 2.24) is 0 Å². The van der Waals surface area contributed by atoms with Gasteiger partial charge in [0.2, 0.25) is 5.78 Å². The second-order valence-corrected chi connectivity index (χ2v) is 4.97. The Morgan fingerprint density at radius 2 is 1.95 bits per heavy atom. The Labute approximate surface area is 115 Å². The molecule has 1 unspecified atom stereocenters. The number of Topliss-reactive ketones (excluding diaryl/α,β-unsaturated/α-hetero) is 1. The summed E-state index contributed by atoms with van der Waals surface area (Å²) in [7, 11) is 0. The molecule has 2 aromatic rings. The summed E-state index contributed by atoms with van der Waals surface area (Å²) < 4.78 is 5.00. The predicted octanol–water partition coefficient (Wildman–Crippen LogP) is 3.18. The highest BCUT2D eigenvalue weighted by Gasteiger charge is 2.28. The highest BCUT2D eigenvalue weighted by atomic mass is 16.6. The van der Waals surface area contributed by atoms with Gasteiger partial charge >= 0.3 is 5.88 Å². The maximum Gasteiger partial charge on any atom is 0.433 e. The zero-order valence-corrected chi connectivity index (χ0v) is 10.7. The number of carbonyl (C=O) groups excluding carboxylic acids is 1. The van der Waals surface area contributed by atoms with Crippen LogP contribution in [0.2, 0.25) is 0 Å². The van der Waals surface area contributed by atoms with Crippen molar-refractivity contribution in [1.29, 1.82) is 0 Å². The van der Waals surface area contributed by atoms with Gasteiger partial charge in [0.05, 0.1) is 6.07 Å². The van der Waals surface area contributed by atoms with Crippen LogP contribution < -0.4 is 0 Å². The third kappa shape index (κ3) is 2.22. The molecule has 1 aromatic carbocycles. The van der Waals surface area contributed by atoms with Crippen molar-refractivity contribution in [3.63, 3.8) is 0 Å². The molecule has 0 amide bonds. The summed E-state index contributed by atoms with van der Waals surface area (Å²) in [5.74, 6) is -0.603. The van der Waals surface area contributed by atoms with Gasteiger partial charge in [0.25, 0.3) is 0 Å². The van der Waals surface area contributed by atoms with Crippen molar-refractivity contribution in [3.05, 3.63) is 63.4 Å². The Bertz CT molecular complexity index is 674. The largest absolute Gasteiger partial charge is 0.433 e. The monoisotopic (exact) mass is 271 g/mol. The van der Waals surface area contributed by atoms with Crippen molar-refractivity contribution in [2.45, 2.75) is 19.3 Å². The molecule has 1 heterocycles. The Morgan fingerprint density at radius 3 is 2.65 bits per heavy atom. The van der Waals surface area contributed by atoms with Crippen LogP contribution in [0.3, 0.4) is 0 Å². The van der Waals surface area contributed by atoms with E-state index in [0.717, 1.165) is 12.8 Å². The molecule has 0 bridgehead atoms. The Hall–Kier alpha value is -2.43. The average molecular weight is 271 g/mol. The van der Waals surface area contributed by atoms with E-state index in [4.69, 9.17) is 4.42 Å². The van der Waals surface area contributed by atoms with Crippen LogP contribution in [0.4, 0.5) is 5.88 Å². The second-order valence-electron chi connectivity index (χ2n) is 4.97. The molecule has 0 spiro atoms. The molecule has 3 rings (SSSR count). The van der Waals surface area contributed by atoms with Crippen LogP contribution in [0.5, 0.6) is 0 Å². The molecule has 0 N–H and O–H groups in total. The quantitative estimate of drug-likeness (QED) is 0.488. The number of hydrogen-bond donors (Lipinski definition) is 0. The van der Waals surface area contributed by atoms with Crippen molar-refractivity contribution in [3.8, 4) is 0 Å². The number of fused-ring (bicyclic) bond motifs is 1. The maximum atomic E-state index is 12.3. The molecule has 20 heavy (non-hydrogen) atoms. The van der Waals surface area contributed by atoms with E-state index in [1.54, 1.807) is 0 Å². The lowest BCUT2D eigenvalue weighted by molar-refractivity contribution is -0.402. The van der Waals surface area contributed by atoms with Crippen LogP contribution in [0.1, 0.15) is 28.1 Å². The van der Waals surface area contributed by atoms with Gasteiger partial charge in [-0.05, 0) is 36.5 Å². The lowest BCUT2D eigenvalue weighted by Gasteiger charge is -2.22. The van der Waals surface area contributed by atoms with E-state index in [1.807, 2.05) is 18.2 Å². The molecule has 0 radical (unpaired) electrons. The first kappa shape index (κ1) is 12.6. The van der Waals surface area contributed by atoms with Crippen LogP contribution in [0, 0.1) is 16.0 Å². The number of nitrogens with zero attached hydrogens (tertiary/aromatic N) is 1. The first-order valence-corrected chi connectivity index (χ1v) is 6.50. The summed E-state index contributed by atoms with van der Waals surface area (Å²) in [4.78, 5) is 22.3. The molecule has 0 saturated carbocycles. The number of aryl methyl sites for hydroxylation is 1. The van der Waals surface area contributed by atoms with Crippen LogP contribution >= 0.6 is 0 Å². The van der Waals surface area contributed by atoms with Crippen LogP contribution in [-0.2, 0) is 12.8 Å². The van der Waals surface area contributed by atoms with Crippen LogP contribution in [0.25, 0.3) is 0 Å². The molecule has 1 aliphatic rings.